The summed E-state index contributed by atoms with van der Waals surface area (Å²) < 4.78 is 16.7. The van der Waals surface area contributed by atoms with E-state index in [2.05, 4.69) is 176 Å². The quantitative estimate of drug-likeness (QED) is 0.164. The van der Waals surface area contributed by atoms with Crippen LogP contribution in [0.5, 0.6) is 0 Å². The molecule has 0 bridgehead atoms. The van der Waals surface area contributed by atoms with E-state index in [1.54, 1.807) is 0 Å². The third kappa shape index (κ3) is 4.16. The van der Waals surface area contributed by atoms with Gasteiger partial charge in [-0.05, 0) is 100.0 Å². The molecule has 14 rings (SSSR count). The maximum Gasteiger partial charge on any atom is 0.334 e. The van der Waals surface area contributed by atoms with E-state index in [9.17, 15) is 0 Å². The lowest BCUT2D eigenvalue weighted by atomic mass is 9.44. The Morgan fingerprint density at radius 3 is 2.23 bits per heavy atom. The van der Waals surface area contributed by atoms with Gasteiger partial charge < -0.3 is 18.2 Å². The van der Waals surface area contributed by atoms with Gasteiger partial charge in [-0.1, -0.05) is 118 Å². The van der Waals surface area contributed by atoms with E-state index >= 15 is 0 Å². The number of para-hydroxylation sites is 3. The summed E-state index contributed by atoms with van der Waals surface area (Å²) in [5, 5.41) is 7.33. The molecule has 11 aromatic rings. The average molecular weight is 789 g/mol. The van der Waals surface area contributed by atoms with E-state index in [0.29, 0.717) is 0 Å². The lowest BCUT2D eigenvalue weighted by Gasteiger charge is -2.41. The minimum Gasteiger partial charge on any atom is -0.456 e. The van der Waals surface area contributed by atoms with Gasteiger partial charge in [-0.25, -0.2) is 0 Å². The highest BCUT2D eigenvalue weighted by atomic mass is 32.1. The molecule has 6 heterocycles. The normalized spacial score (nSPS) is 14.3. The molecule has 4 aromatic heterocycles. The number of furan rings is 2. The zero-order valence-electron chi connectivity index (χ0n) is 33.5. The molecule has 6 heteroatoms. The second-order valence-corrected chi connectivity index (χ2v) is 18.9. The van der Waals surface area contributed by atoms with Crippen LogP contribution < -0.4 is 15.8 Å². The van der Waals surface area contributed by atoms with Crippen LogP contribution in [0.3, 0.4) is 0 Å². The van der Waals surface area contributed by atoms with E-state index in [1.165, 1.54) is 75.7 Å². The Kier molecular flexibility index (Phi) is 6.35. The van der Waals surface area contributed by atoms with Crippen LogP contribution in [-0.4, -0.2) is 11.3 Å². The first-order valence-electron chi connectivity index (χ1n) is 21.1. The van der Waals surface area contributed by atoms with E-state index in [1.807, 2.05) is 11.3 Å². The van der Waals surface area contributed by atoms with Gasteiger partial charge >= 0.3 is 6.85 Å². The fraction of sp³-hybridized carbons (Fsp3) is 0.111. The molecule has 3 aliphatic rings. The number of aromatic nitrogens is 1. The van der Waals surface area contributed by atoms with Crippen LogP contribution in [0, 0.1) is 0 Å². The van der Waals surface area contributed by atoms with Crippen molar-refractivity contribution in [1.29, 1.82) is 0 Å². The number of rotatable bonds is 2. The van der Waals surface area contributed by atoms with Gasteiger partial charge in [0, 0.05) is 59.5 Å². The number of hydrogen-bond acceptors (Lipinski definition) is 4. The van der Waals surface area contributed by atoms with Crippen molar-refractivity contribution >= 4 is 117 Å². The van der Waals surface area contributed by atoms with Crippen LogP contribution in [0.2, 0.25) is 0 Å². The molecule has 4 nitrogen and oxygen atoms in total. The summed E-state index contributed by atoms with van der Waals surface area (Å²) in [6.07, 6.45) is 6.83. The number of aryl methyl sites for hydroxylation is 1. The Balaban J connectivity index is 1.22. The summed E-state index contributed by atoms with van der Waals surface area (Å²) in [6, 6.07) is 49.1. The van der Waals surface area contributed by atoms with Crippen LogP contribution >= 0.6 is 11.3 Å². The van der Waals surface area contributed by atoms with Gasteiger partial charge in [0.2, 0.25) is 0 Å². The van der Waals surface area contributed by atoms with Crippen LogP contribution in [0.25, 0.3) is 93.3 Å². The number of fused-ring (bicyclic) bond motifs is 17. The van der Waals surface area contributed by atoms with Crippen molar-refractivity contribution in [1.82, 2.24) is 4.48 Å². The second kappa shape index (κ2) is 11.5. The third-order valence-corrected chi connectivity index (χ3v) is 14.8. The second-order valence-electron chi connectivity index (χ2n) is 17.9. The molecule has 0 amide bonds. The van der Waals surface area contributed by atoms with E-state index in [-0.39, 0.29) is 12.3 Å². The molecule has 0 spiro atoms. The molecule has 0 saturated heterocycles. The number of hydrogen-bond donors (Lipinski definition) is 0. The molecule has 0 fully saturated rings. The predicted octanol–water partition coefficient (Wildman–Crippen LogP) is 14.0. The van der Waals surface area contributed by atoms with Gasteiger partial charge in [0.05, 0.1) is 16.2 Å². The van der Waals surface area contributed by atoms with Crippen LogP contribution in [0.1, 0.15) is 43.2 Å². The molecule has 0 unspecified atom stereocenters. The summed E-state index contributed by atoms with van der Waals surface area (Å²) in [5.41, 5.74) is 18.5. The summed E-state index contributed by atoms with van der Waals surface area (Å²) >= 11 is 1.95. The van der Waals surface area contributed by atoms with Crippen molar-refractivity contribution in [2.24, 2.45) is 0 Å². The molecule has 2 aliphatic heterocycles. The van der Waals surface area contributed by atoms with Crippen molar-refractivity contribution in [3.05, 3.63) is 156 Å². The first kappa shape index (κ1) is 33.1. The maximum atomic E-state index is 7.18. The van der Waals surface area contributed by atoms with Gasteiger partial charge in [-0.2, -0.15) is 0 Å². The van der Waals surface area contributed by atoms with Crippen molar-refractivity contribution in [3.63, 3.8) is 0 Å². The molecular formula is C54H37BN2O2S. The zero-order chi connectivity index (χ0) is 39.6. The molecule has 7 aromatic carbocycles. The zero-order valence-corrected chi connectivity index (χ0v) is 34.3. The fourth-order valence-corrected chi connectivity index (χ4v) is 12.3. The maximum absolute atomic E-state index is 7.18. The van der Waals surface area contributed by atoms with Crippen LogP contribution in [0.15, 0.2) is 148 Å². The smallest absolute Gasteiger partial charge is 0.334 e. The molecule has 0 radical (unpaired) electrons. The molecule has 0 atom stereocenters. The van der Waals surface area contributed by atoms with Gasteiger partial charge in [0.1, 0.15) is 16.7 Å². The number of anilines is 3. The predicted molar refractivity (Wildman–Crippen MR) is 254 cm³/mol. The third-order valence-electron chi connectivity index (χ3n) is 13.6. The molecule has 284 valence electrons. The Labute approximate surface area is 350 Å². The Morgan fingerprint density at radius 2 is 1.38 bits per heavy atom. The van der Waals surface area contributed by atoms with Gasteiger partial charge in [-0.15, -0.1) is 11.3 Å². The van der Waals surface area contributed by atoms with Crippen molar-refractivity contribution in [2.45, 2.75) is 39.0 Å². The Bertz CT molecular complexity index is 3720. The number of nitrogens with zero attached hydrogens (tertiary/aromatic N) is 2. The highest BCUT2D eigenvalue weighted by molar-refractivity contribution is 7.20. The monoisotopic (exact) mass is 788 g/mol. The first-order chi connectivity index (χ1) is 29.4. The Hall–Kier alpha value is -6.76. The lowest BCUT2D eigenvalue weighted by Crippen LogP contribution is -2.57. The SMILES string of the molecule is CC(C)(C)c1ccc(N2c3ccc4oc5ccccc5c4c3B3c4c(cc5c(oc6ccccc65)c42)-c2cccc4c5c6c(sc5n3c24)C=CCC6)c(-c2ccccc2)c1. The molecule has 1 aliphatic carbocycles. The number of thiophene rings is 1. The highest BCUT2D eigenvalue weighted by Crippen LogP contribution is 2.53. The summed E-state index contributed by atoms with van der Waals surface area (Å²) in [6.45, 7) is 6.75. The van der Waals surface area contributed by atoms with Gasteiger partial charge in [-0.3, -0.25) is 0 Å². The summed E-state index contributed by atoms with van der Waals surface area (Å²) in [4.78, 5) is 5.28. The molecule has 0 saturated carbocycles. The highest BCUT2D eigenvalue weighted by Gasteiger charge is 2.47. The van der Waals surface area contributed by atoms with Crippen molar-refractivity contribution in [3.8, 4) is 22.3 Å². The van der Waals surface area contributed by atoms with E-state index < -0.39 is 0 Å². The largest absolute Gasteiger partial charge is 0.456 e. The van der Waals surface area contributed by atoms with E-state index in [0.717, 1.165) is 68.4 Å². The summed E-state index contributed by atoms with van der Waals surface area (Å²) in [5.74, 6) is 0. The first-order valence-corrected chi connectivity index (χ1v) is 21.9. The minimum atomic E-state index is -0.156. The number of benzene rings is 7. The lowest BCUT2D eigenvalue weighted by molar-refractivity contribution is 0.590. The van der Waals surface area contributed by atoms with Crippen molar-refractivity contribution < 1.29 is 8.83 Å². The molecule has 0 N–H and O–H groups in total. The Morgan fingerprint density at radius 1 is 0.617 bits per heavy atom. The van der Waals surface area contributed by atoms with Crippen LogP contribution in [0.4, 0.5) is 17.1 Å². The number of allylic oxidation sites excluding steroid dienone is 1. The molecular weight excluding hydrogens is 751 g/mol. The van der Waals surface area contributed by atoms with E-state index in [4.69, 9.17) is 8.83 Å². The summed E-state index contributed by atoms with van der Waals surface area (Å²) in [7, 11) is 0. The fourth-order valence-electron chi connectivity index (χ4n) is 11.0. The minimum absolute atomic E-state index is 0.0450. The molecule has 60 heavy (non-hydrogen) atoms. The van der Waals surface area contributed by atoms with Gasteiger partial charge in [0.15, 0.2) is 5.58 Å². The van der Waals surface area contributed by atoms with Crippen LogP contribution in [-0.2, 0) is 11.8 Å². The van der Waals surface area contributed by atoms with Gasteiger partial charge in [0.25, 0.3) is 0 Å². The topological polar surface area (TPSA) is 34.5 Å². The standard InChI is InChI=1S/C54H37BN2O2S/c1-54(2,3)31-24-25-40(37(28-31)30-14-5-4-6-15-30)56-41-26-27-44-47(34-17-8-11-22-43(34)58-44)49(41)55-48-38(29-39-32-16-7-10-21-42(32)59-52(39)51(48)56)33-19-13-20-36-46-35-18-9-12-23-45(35)60-53(46)57(55)50(33)36/h4-8,10-17,19-29H,9,18H2,1-3H3. The average Bonchev–Trinajstić information content (AvgIpc) is 4.04. The van der Waals surface area contributed by atoms with Crippen molar-refractivity contribution in [2.75, 3.05) is 4.90 Å².